The Bertz CT molecular complexity index is 635. The van der Waals surface area contributed by atoms with Gasteiger partial charge in [-0.1, -0.05) is 30.3 Å². The Kier molecular flexibility index (Phi) is 2.86. The van der Waals surface area contributed by atoms with Crippen LogP contribution in [0.3, 0.4) is 0 Å². The molecule has 0 fully saturated rings. The van der Waals surface area contributed by atoms with E-state index in [1.54, 1.807) is 29.2 Å². The molecule has 0 unspecified atom stereocenters. The topological polar surface area (TPSA) is 60.7 Å². The minimum atomic E-state index is 0.353. The van der Waals surface area contributed by atoms with Crippen LogP contribution in [0.2, 0.25) is 0 Å². The molecule has 0 radical (unpaired) electrons. The van der Waals surface area contributed by atoms with Crippen LogP contribution in [-0.2, 0) is 0 Å². The summed E-state index contributed by atoms with van der Waals surface area (Å²) in [6.45, 7) is 0. The molecule has 0 saturated heterocycles. The van der Waals surface area contributed by atoms with Gasteiger partial charge in [-0.15, -0.1) is 0 Å². The van der Waals surface area contributed by atoms with Gasteiger partial charge in [0.2, 0.25) is 5.95 Å². The maximum Gasteiger partial charge on any atom is 0.235 e. The normalized spacial score (nSPS) is 10.3. The highest BCUT2D eigenvalue weighted by atomic mass is 16.1. The van der Waals surface area contributed by atoms with Crippen LogP contribution < -0.4 is 0 Å². The number of nitrogens with zero attached hydrogens (tertiary/aromatic N) is 4. The molecule has 5 heteroatoms. The van der Waals surface area contributed by atoms with Gasteiger partial charge in [0.15, 0.2) is 6.29 Å². The van der Waals surface area contributed by atoms with Crippen LogP contribution in [0.4, 0.5) is 0 Å². The van der Waals surface area contributed by atoms with Gasteiger partial charge in [0.1, 0.15) is 11.5 Å². The first-order valence-electron chi connectivity index (χ1n) is 5.76. The molecule has 2 heterocycles. The minimum Gasteiger partial charge on any atom is -0.296 e. The van der Waals surface area contributed by atoms with Crippen molar-refractivity contribution in [2.45, 2.75) is 0 Å². The molecule has 1 aromatic carbocycles. The van der Waals surface area contributed by atoms with E-state index in [-0.39, 0.29) is 0 Å². The third-order valence-electron chi connectivity index (χ3n) is 2.64. The summed E-state index contributed by atoms with van der Waals surface area (Å²) in [5.74, 6) is 1.14. The van der Waals surface area contributed by atoms with Crippen molar-refractivity contribution in [3.63, 3.8) is 0 Å². The van der Waals surface area contributed by atoms with Gasteiger partial charge in [-0.2, -0.15) is 0 Å². The van der Waals surface area contributed by atoms with Crippen LogP contribution in [0.1, 0.15) is 10.5 Å². The standard InChI is InChI=1S/C14H10N4O/c19-10-12-9-18(14-15-7-4-8-16-14)13(17-12)11-5-2-1-3-6-11/h1-10H. The van der Waals surface area contributed by atoms with Crippen molar-refractivity contribution < 1.29 is 4.79 Å². The second-order valence-electron chi connectivity index (χ2n) is 3.89. The summed E-state index contributed by atoms with van der Waals surface area (Å²) >= 11 is 0. The third-order valence-corrected chi connectivity index (χ3v) is 2.64. The molecule has 3 aromatic rings. The number of aldehydes is 1. The van der Waals surface area contributed by atoms with E-state index in [4.69, 9.17) is 0 Å². The van der Waals surface area contributed by atoms with Gasteiger partial charge >= 0.3 is 0 Å². The highest BCUT2D eigenvalue weighted by molar-refractivity contribution is 5.74. The lowest BCUT2D eigenvalue weighted by Gasteiger charge is -2.04. The minimum absolute atomic E-state index is 0.353. The van der Waals surface area contributed by atoms with Crippen LogP contribution >= 0.6 is 0 Å². The number of rotatable bonds is 3. The molecule has 0 aliphatic carbocycles. The molecule has 3 rings (SSSR count). The van der Waals surface area contributed by atoms with E-state index in [0.717, 1.165) is 5.56 Å². The van der Waals surface area contributed by atoms with Crippen LogP contribution in [0, 0.1) is 0 Å². The Morgan fingerprint density at radius 3 is 2.42 bits per heavy atom. The quantitative estimate of drug-likeness (QED) is 0.668. The molecular formula is C14H10N4O. The molecule has 0 aliphatic heterocycles. The van der Waals surface area contributed by atoms with E-state index in [1.807, 2.05) is 30.3 Å². The average molecular weight is 250 g/mol. The smallest absolute Gasteiger partial charge is 0.235 e. The lowest BCUT2D eigenvalue weighted by atomic mass is 10.2. The number of imidazole rings is 1. The predicted octanol–water partition coefficient (Wildman–Crippen LogP) is 2.14. The Morgan fingerprint density at radius 2 is 1.74 bits per heavy atom. The summed E-state index contributed by atoms with van der Waals surface area (Å²) in [5, 5.41) is 0. The summed E-state index contributed by atoms with van der Waals surface area (Å²) in [4.78, 5) is 23.6. The Morgan fingerprint density at radius 1 is 1.00 bits per heavy atom. The molecule has 5 nitrogen and oxygen atoms in total. The number of hydrogen-bond donors (Lipinski definition) is 0. The third kappa shape index (κ3) is 2.13. The van der Waals surface area contributed by atoms with E-state index in [0.29, 0.717) is 23.8 Å². The molecule has 0 bridgehead atoms. The molecule has 0 aliphatic rings. The number of carbonyl (C=O) groups excluding carboxylic acids is 1. The number of hydrogen-bond acceptors (Lipinski definition) is 4. The largest absolute Gasteiger partial charge is 0.296 e. The molecule has 0 N–H and O–H groups in total. The lowest BCUT2D eigenvalue weighted by molar-refractivity contribution is 0.111. The number of benzene rings is 1. The zero-order chi connectivity index (χ0) is 13.1. The van der Waals surface area contributed by atoms with Crippen molar-refractivity contribution in [3.05, 3.63) is 60.7 Å². The van der Waals surface area contributed by atoms with Gasteiger partial charge in [0.25, 0.3) is 0 Å². The summed E-state index contributed by atoms with van der Waals surface area (Å²) in [5.41, 5.74) is 1.26. The van der Waals surface area contributed by atoms with Crippen molar-refractivity contribution in [2.24, 2.45) is 0 Å². The molecule has 0 atom stereocenters. The Balaban J connectivity index is 2.19. The van der Waals surface area contributed by atoms with Gasteiger partial charge in [-0.05, 0) is 6.07 Å². The van der Waals surface area contributed by atoms with Crippen molar-refractivity contribution >= 4 is 6.29 Å². The lowest BCUT2D eigenvalue weighted by Crippen LogP contribution is -2.01. The monoisotopic (exact) mass is 250 g/mol. The molecule has 92 valence electrons. The van der Waals surface area contributed by atoms with Gasteiger partial charge in [0.05, 0.1) is 0 Å². The van der Waals surface area contributed by atoms with Crippen molar-refractivity contribution in [2.75, 3.05) is 0 Å². The van der Waals surface area contributed by atoms with Crippen molar-refractivity contribution in [1.82, 2.24) is 19.5 Å². The van der Waals surface area contributed by atoms with E-state index in [2.05, 4.69) is 15.0 Å². The highest BCUT2D eigenvalue weighted by Crippen LogP contribution is 2.20. The molecule has 0 spiro atoms. The molecule has 0 saturated carbocycles. The fourth-order valence-corrected chi connectivity index (χ4v) is 1.81. The van der Waals surface area contributed by atoms with E-state index >= 15 is 0 Å². The van der Waals surface area contributed by atoms with E-state index in [9.17, 15) is 4.79 Å². The summed E-state index contributed by atoms with van der Waals surface area (Å²) < 4.78 is 1.71. The Labute approximate surface area is 109 Å². The first-order valence-corrected chi connectivity index (χ1v) is 5.76. The number of aromatic nitrogens is 4. The summed E-state index contributed by atoms with van der Waals surface area (Å²) in [6.07, 6.45) is 5.64. The number of carbonyl (C=O) groups is 1. The fraction of sp³-hybridized carbons (Fsp3) is 0. The molecular weight excluding hydrogens is 240 g/mol. The van der Waals surface area contributed by atoms with Crippen LogP contribution in [-0.4, -0.2) is 25.8 Å². The predicted molar refractivity (Wildman–Crippen MR) is 70.0 cm³/mol. The van der Waals surface area contributed by atoms with E-state index < -0.39 is 0 Å². The van der Waals surface area contributed by atoms with Crippen molar-refractivity contribution in [3.8, 4) is 17.3 Å². The summed E-state index contributed by atoms with van der Waals surface area (Å²) in [6, 6.07) is 11.4. The average Bonchev–Trinajstić information content (AvgIpc) is 2.93. The van der Waals surface area contributed by atoms with Gasteiger partial charge in [0, 0.05) is 24.2 Å². The SMILES string of the molecule is O=Cc1cn(-c2ncccn2)c(-c2ccccc2)n1. The van der Waals surface area contributed by atoms with Gasteiger partial charge < -0.3 is 0 Å². The maximum absolute atomic E-state index is 10.9. The fourth-order valence-electron chi connectivity index (χ4n) is 1.81. The summed E-state index contributed by atoms with van der Waals surface area (Å²) in [7, 11) is 0. The van der Waals surface area contributed by atoms with Crippen LogP contribution in [0.5, 0.6) is 0 Å². The Hall–Kier alpha value is -2.82. The zero-order valence-electron chi connectivity index (χ0n) is 9.97. The molecule has 2 aromatic heterocycles. The highest BCUT2D eigenvalue weighted by Gasteiger charge is 2.12. The molecule has 19 heavy (non-hydrogen) atoms. The van der Waals surface area contributed by atoms with Gasteiger partial charge in [-0.25, -0.2) is 15.0 Å². The van der Waals surface area contributed by atoms with Gasteiger partial charge in [-0.3, -0.25) is 9.36 Å². The first-order chi connectivity index (χ1) is 9.38. The maximum atomic E-state index is 10.9. The van der Waals surface area contributed by atoms with E-state index in [1.165, 1.54) is 0 Å². The molecule has 0 amide bonds. The zero-order valence-corrected chi connectivity index (χ0v) is 9.97. The second kappa shape index (κ2) is 4.81. The first kappa shape index (κ1) is 11.3. The van der Waals surface area contributed by atoms with Crippen LogP contribution in [0.15, 0.2) is 55.0 Å². The second-order valence-corrected chi connectivity index (χ2v) is 3.89. The van der Waals surface area contributed by atoms with Crippen LogP contribution in [0.25, 0.3) is 17.3 Å². The van der Waals surface area contributed by atoms with Crippen molar-refractivity contribution in [1.29, 1.82) is 0 Å².